The number of rotatable bonds is 5. The lowest BCUT2D eigenvalue weighted by molar-refractivity contribution is -0.596. The van der Waals surface area contributed by atoms with Crippen LogP contribution < -0.4 is 10.7 Å². The summed E-state index contributed by atoms with van der Waals surface area (Å²) in [5.41, 5.74) is 7.33. The highest BCUT2D eigenvalue weighted by Gasteiger charge is 2.47. The van der Waals surface area contributed by atoms with Crippen molar-refractivity contribution in [3.63, 3.8) is 0 Å². The number of aryl methyl sites for hydroxylation is 1. The van der Waals surface area contributed by atoms with Gasteiger partial charge in [0.1, 0.15) is 5.82 Å². The number of hydrazone groups is 1. The Hall–Kier alpha value is -3.80. The Labute approximate surface area is 192 Å². The molecule has 2 N–H and O–H groups in total. The van der Waals surface area contributed by atoms with Gasteiger partial charge in [0, 0.05) is 16.7 Å². The molecule has 3 aromatic rings. The molecule has 0 radical (unpaired) electrons. The summed E-state index contributed by atoms with van der Waals surface area (Å²) in [5, 5.41) is 2.83. The molecule has 0 saturated carbocycles. The minimum absolute atomic E-state index is 0.290. The summed E-state index contributed by atoms with van der Waals surface area (Å²) in [4.78, 5) is 25.8. The molecule has 0 spiro atoms. The van der Waals surface area contributed by atoms with Crippen molar-refractivity contribution in [2.24, 2.45) is 0 Å². The molecular weight excluding hydrogens is 417 g/mol. The first kappa shape index (κ1) is 22.4. The molecule has 1 aliphatic heterocycles. The molecule has 0 unspecified atom stereocenters. The number of benzene rings is 3. The van der Waals surface area contributed by atoms with Gasteiger partial charge in [-0.15, -0.1) is 10.1 Å². The summed E-state index contributed by atoms with van der Waals surface area (Å²) < 4.78 is 15.0. The molecule has 3 aromatic carbocycles. The minimum Gasteiger partial charge on any atom is -0.334 e. The van der Waals surface area contributed by atoms with Gasteiger partial charge in [0.25, 0.3) is 5.91 Å². The number of nitrogens with zero attached hydrogens (tertiary/aromatic N) is 1. The number of amides is 2. The third kappa shape index (κ3) is 5.00. The summed E-state index contributed by atoms with van der Waals surface area (Å²) in [6.45, 7) is 6.28. The van der Waals surface area contributed by atoms with Gasteiger partial charge in [-0.1, -0.05) is 55.8 Å². The second-order valence-electron chi connectivity index (χ2n) is 8.65. The standard InChI is InChI=1S/C27H26FN3O2/c1-17(2)20-10-6-19(7-11-20)16-31-25(21-8-4-18(3)5-9-21)24(27(33)30-31)29-26(32)22-12-14-23(28)15-13-22/h4-17,24-25H,1-3H3,(H-,29,30,32,33)/p+1/b31-16-/t24-,25+/m1/s1. The van der Waals surface area contributed by atoms with Crippen LogP contribution in [0.2, 0.25) is 0 Å². The summed E-state index contributed by atoms with van der Waals surface area (Å²) in [7, 11) is 0. The van der Waals surface area contributed by atoms with E-state index >= 15 is 0 Å². The molecule has 0 aliphatic carbocycles. The number of carbonyl (C=O) groups excluding carboxylic acids is 2. The van der Waals surface area contributed by atoms with E-state index in [4.69, 9.17) is 0 Å². The molecule has 33 heavy (non-hydrogen) atoms. The van der Waals surface area contributed by atoms with E-state index in [1.807, 2.05) is 49.5 Å². The number of hydrazine groups is 1. The van der Waals surface area contributed by atoms with Crippen molar-refractivity contribution in [1.82, 2.24) is 10.7 Å². The first-order valence-corrected chi connectivity index (χ1v) is 11.0. The smallest absolute Gasteiger partial charge is 0.304 e. The van der Waals surface area contributed by atoms with Gasteiger partial charge < -0.3 is 5.32 Å². The lowest BCUT2D eigenvalue weighted by Crippen LogP contribution is -2.42. The lowest BCUT2D eigenvalue weighted by Gasteiger charge is -2.15. The van der Waals surface area contributed by atoms with E-state index in [1.165, 1.54) is 29.8 Å². The fraction of sp³-hybridized carbons (Fsp3) is 0.222. The number of nitrogens with one attached hydrogen (secondary N) is 2. The van der Waals surface area contributed by atoms with Gasteiger partial charge in [-0.2, -0.15) is 0 Å². The molecule has 4 rings (SSSR count). The summed E-state index contributed by atoms with van der Waals surface area (Å²) in [5.74, 6) is -0.745. The van der Waals surface area contributed by atoms with Gasteiger partial charge >= 0.3 is 5.91 Å². The summed E-state index contributed by atoms with van der Waals surface area (Å²) in [6, 6.07) is 20.0. The maximum absolute atomic E-state index is 13.3. The summed E-state index contributed by atoms with van der Waals surface area (Å²) >= 11 is 0. The van der Waals surface area contributed by atoms with Crippen LogP contribution in [0, 0.1) is 12.7 Å². The SMILES string of the molecule is Cc1ccc([C@H]2[C@@H](NC(=O)c3ccc(F)cc3)C(=O)N/[N+]2=C\c2ccc(C(C)C)cc2)cc1. The van der Waals surface area contributed by atoms with Gasteiger partial charge in [0.15, 0.2) is 6.04 Å². The Morgan fingerprint density at radius 2 is 1.64 bits per heavy atom. The molecule has 1 saturated heterocycles. The number of hydrogen-bond donors (Lipinski definition) is 2. The van der Waals surface area contributed by atoms with Crippen molar-refractivity contribution in [2.75, 3.05) is 0 Å². The zero-order valence-electron chi connectivity index (χ0n) is 18.9. The second-order valence-corrected chi connectivity index (χ2v) is 8.65. The fourth-order valence-corrected chi connectivity index (χ4v) is 3.90. The Balaban J connectivity index is 1.68. The van der Waals surface area contributed by atoms with Gasteiger partial charge in [0.2, 0.25) is 12.3 Å². The van der Waals surface area contributed by atoms with Crippen LogP contribution in [-0.2, 0) is 4.79 Å². The molecule has 2 amide bonds. The Kier molecular flexibility index (Phi) is 6.36. The molecule has 0 aromatic heterocycles. The normalized spacial score (nSPS) is 19.1. The Bertz CT molecular complexity index is 1180. The molecule has 1 heterocycles. The van der Waals surface area contributed by atoms with Crippen LogP contribution in [0.4, 0.5) is 4.39 Å². The fourth-order valence-electron chi connectivity index (χ4n) is 3.90. The van der Waals surface area contributed by atoms with Gasteiger partial charge in [0.05, 0.1) is 0 Å². The maximum atomic E-state index is 13.3. The highest BCUT2D eigenvalue weighted by molar-refractivity contribution is 5.98. The van der Waals surface area contributed by atoms with Crippen molar-refractivity contribution in [3.05, 3.63) is 106 Å². The molecule has 6 heteroatoms. The average molecular weight is 445 g/mol. The number of carbonyl (C=O) groups is 2. The van der Waals surface area contributed by atoms with Gasteiger partial charge in [-0.25, -0.2) is 4.39 Å². The average Bonchev–Trinajstić information content (AvgIpc) is 3.09. The van der Waals surface area contributed by atoms with Crippen LogP contribution in [0.25, 0.3) is 0 Å². The monoisotopic (exact) mass is 444 g/mol. The van der Waals surface area contributed by atoms with E-state index in [2.05, 4.69) is 36.7 Å². The molecule has 2 atom stereocenters. The van der Waals surface area contributed by atoms with Crippen LogP contribution in [0.1, 0.15) is 58.4 Å². The van der Waals surface area contributed by atoms with Crippen LogP contribution in [0.3, 0.4) is 0 Å². The van der Waals surface area contributed by atoms with E-state index in [9.17, 15) is 14.0 Å². The highest BCUT2D eigenvalue weighted by atomic mass is 19.1. The van der Waals surface area contributed by atoms with E-state index in [0.717, 1.165) is 16.7 Å². The van der Waals surface area contributed by atoms with E-state index in [-0.39, 0.29) is 5.91 Å². The van der Waals surface area contributed by atoms with E-state index < -0.39 is 23.8 Å². The van der Waals surface area contributed by atoms with Crippen molar-refractivity contribution in [1.29, 1.82) is 0 Å². The van der Waals surface area contributed by atoms with E-state index in [0.29, 0.717) is 11.5 Å². The van der Waals surface area contributed by atoms with Crippen molar-refractivity contribution < 1.29 is 18.7 Å². The van der Waals surface area contributed by atoms with Gasteiger partial charge in [-0.3, -0.25) is 9.59 Å². The summed E-state index contributed by atoms with van der Waals surface area (Å²) in [6.07, 6.45) is 1.87. The first-order valence-electron chi connectivity index (χ1n) is 11.0. The van der Waals surface area contributed by atoms with Crippen LogP contribution in [-0.4, -0.2) is 28.8 Å². The molecular formula is C27H27FN3O2+. The van der Waals surface area contributed by atoms with Gasteiger partial charge in [-0.05, 0) is 54.8 Å². The Morgan fingerprint density at radius 3 is 2.24 bits per heavy atom. The van der Waals surface area contributed by atoms with Crippen LogP contribution in [0.5, 0.6) is 0 Å². The minimum atomic E-state index is -0.823. The predicted octanol–water partition coefficient (Wildman–Crippen LogP) is 4.27. The third-order valence-electron chi connectivity index (χ3n) is 5.84. The quantitative estimate of drug-likeness (QED) is 0.578. The third-order valence-corrected chi connectivity index (χ3v) is 5.84. The van der Waals surface area contributed by atoms with E-state index in [1.54, 1.807) is 4.68 Å². The van der Waals surface area contributed by atoms with Crippen LogP contribution >= 0.6 is 0 Å². The molecule has 1 fully saturated rings. The lowest BCUT2D eigenvalue weighted by atomic mass is 9.98. The largest absolute Gasteiger partial charge is 0.334 e. The zero-order chi connectivity index (χ0) is 23.5. The second kappa shape index (κ2) is 9.36. The first-order chi connectivity index (χ1) is 15.8. The predicted molar refractivity (Wildman–Crippen MR) is 126 cm³/mol. The molecule has 1 aliphatic rings. The highest BCUT2D eigenvalue weighted by Crippen LogP contribution is 2.26. The molecule has 168 valence electrons. The molecule has 0 bridgehead atoms. The maximum Gasteiger partial charge on any atom is 0.304 e. The zero-order valence-corrected chi connectivity index (χ0v) is 18.9. The van der Waals surface area contributed by atoms with Crippen molar-refractivity contribution in [3.8, 4) is 0 Å². The molecule has 5 nitrogen and oxygen atoms in total. The number of hydrogen-bond acceptors (Lipinski definition) is 2. The van der Waals surface area contributed by atoms with Crippen molar-refractivity contribution in [2.45, 2.75) is 38.8 Å². The Morgan fingerprint density at radius 1 is 1.00 bits per heavy atom. The van der Waals surface area contributed by atoms with Crippen LogP contribution in [0.15, 0.2) is 72.8 Å². The number of halogens is 1. The topological polar surface area (TPSA) is 61.2 Å². The van der Waals surface area contributed by atoms with Crippen molar-refractivity contribution >= 4 is 18.0 Å².